The molecule has 0 aromatic heterocycles. The van der Waals surface area contributed by atoms with Gasteiger partial charge in [-0.25, -0.2) is 8.42 Å². The Morgan fingerprint density at radius 3 is 2.50 bits per heavy atom. The van der Waals surface area contributed by atoms with Gasteiger partial charge in [-0.2, -0.15) is 0 Å². The van der Waals surface area contributed by atoms with Gasteiger partial charge in [-0.15, -0.1) is 0 Å². The molecule has 1 rings (SSSR count). The van der Waals surface area contributed by atoms with Crippen LogP contribution < -0.4 is 0 Å². The minimum absolute atomic E-state index is 0.0845. The van der Waals surface area contributed by atoms with Crippen molar-refractivity contribution >= 4 is 9.84 Å². The van der Waals surface area contributed by atoms with Crippen molar-refractivity contribution in [2.24, 2.45) is 5.92 Å². The molecule has 0 aromatic rings. The van der Waals surface area contributed by atoms with Crippen LogP contribution in [0.1, 0.15) is 13.3 Å². The van der Waals surface area contributed by atoms with E-state index in [1.807, 2.05) is 0 Å². The minimum Gasteiger partial charge on any atom is -0.393 e. The standard InChI is InChI=1S/C6H12O3S/c1-5-4-10(8,9)3-2-6(5)7/h5-7H,2-4H2,1H3. The van der Waals surface area contributed by atoms with Crippen LogP contribution in [0.3, 0.4) is 0 Å². The van der Waals surface area contributed by atoms with E-state index in [-0.39, 0.29) is 17.4 Å². The van der Waals surface area contributed by atoms with Crippen LogP contribution in [0.25, 0.3) is 0 Å². The van der Waals surface area contributed by atoms with Gasteiger partial charge in [-0.1, -0.05) is 6.92 Å². The van der Waals surface area contributed by atoms with Crippen LogP contribution in [-0.2, 0) is 9.84 Å². The van der Waals surface area contributed by atoms with Crippen molar-refractivity contribution in [1.29, 1.82) is 0 Å². The van der Waals surface area contributed by atoms with Gasteiger partial charge in [-0.05, 0) is 12.3 Å². The Labute approximate surface area is 61.0 Å². The number of rotatable bonds is 0. The quantitative estimate of drug-likeness (QED) is 0.539. The van der Waals surface area contributed by atoms with Crippen molar-refractivity contribution < 1.29 is 13.5 Å². The summed E-state index contributed by atoms with van der Waals surface area (Å²) in [5.74, 6) is 0.214. The molecule has 3 nitrogen and oxygen atoms in total. The van der Waals surface area contributed by atoms with Gasteiger partial charge in [-0.3, -0.25) is 0 Å². The average molecular weight is 164 g/mol. The van der Waals surface area contributed by atoms with Crippen LogP contribution in [-0.4, -0.2) is 31.1 Å². The maximum absolute atomic E-state index is 10.9. The first-order valence-corrected chi connectivity index (χ1v) is 5.22. The van der Waals surface area contributed by atoms with Gasteiger partial charge < -0.3 is 5.11 Å². The highest BCUT2D eigenvalue weighted by Gasteiger charge is 2.28. The van der Waals surface area contributed by atoms with E-state index in [9.17, 15) is 8.42 Å². The lowest BCUT2D eigenvalue weighted by molar-refractivity contribution is 0.118. The van der Waals surface area contributed by atoms with E-state index in [4.69, 9.17) is 5.11 Å². The first kappa shape index (κ1) is 8.01. The Morgan fingerprint density at radius 2 is 2.10 bits per heavy atom. The highest BCUT2D eigenvalue weighted by molar-refractivity contribution is 7.91. The van der Waals surface area contributed by atoms with E-state index >= 15 is 0 Å². The second-order valence-corrected chi connectivity index (χ2v) is 5.18. The van der Waals surface area contributed by atoms with E-state index in [1.54, 1.807) is 6.92 Å². The molecule has 1 aliphatic rings. The molecule has 0 radical (unpaired) electrons. The van der Waals surface area contributed by atoms with E-state index in [0.29, 0.717) is 6.42 Å². The van der Waals surface area contributed by atoms with Crippen LogP contribution >= 0.6 is 0 Å². The number of hydrogen-bond acceptors (Lipinski definition) is 3. The zero-order valence-corrected chi connectivity index (χ0v) is 6.76. The van der Waals surface area contributed by atoms with Crippen molar-refractivity contribution in [2.75, 3.05) is 11.5 Å². The molecule has 1 saturated heterocycles. The van der Waals surface area contributed by atoms with E-state index < -0.39 is 15.9 Å². The summed E-state index contributed by atoms with van der Waals surface area (Å²) < 4.78 is 21.8. The lowest BCUT2D eigenvalue weighted by atomic mass is 10.1. The Hall–Kier alpha value is -0.0900. The van der Waals surface area contributed by atoms with Gasteiger partial charge in [0, 0.05) is 0 Å². The smallest absolute Gasteiger partial charge is 0.150 e. The van der Waals surface area contributed by atoms with Gasteiger partial charge in [0.2, 0.25) is 0 Å². The molecule has 10 heavy (non-hydrogen) atoms. The normalized spacial score (nSPS) is 39.4. The zero-order chi connectivity index (χ0) is 7.78. The lowest BCUT2D eigenvalue weighted by Crippen LogP contribution is -2.34. The maximum Gasteiger partial charge on any atom is 0.150 e. The topological polar surface area (TPSA) is 54.4 Å². The molecule has 1 aliphatic heterocycles. The Balaban J connectivity index is 2.66. The SMILES string of the molecule is CC1CS(=O)(=O)CCC1O. The third kappa shape index (κ3) is 1.70. The summed E-state index contributed by atoms with van der Waals surface area (Å²) in [7, 11) is -2.82. The van der Waals surface area contributed by atoms with Gasteiger partial charge >= 0.3 is 0 Å². The summed E-state index contributed by atoms with van der Waals surface area (Å²) in [4.78, 5) is 0. The highest BCUT2D eigenvalue weighted by atomic mass is 32.2. The lowest BCUT2D eigenvalue weighted by Gasteiger charge is -2.23. The van der Waals surface area contributed by atoms with Gasteiger partial charge in [0.05, 0.1) is 17.6 Å². The molecule has 2 unspecified atom stereocenters. The molecule has 2 atom stereocenters. The first-order chi connectivity index (χ1) is 4.51. The zero-order valence-electron chi connectivity index (χ0n) is 5.95. The first-order valence-electron chi connectivity index (χ1n) is 3.40. The average Bonchev–Trinajstić information content (AvgIpc) is 1.79. The maximum atomic E-state index is 10.9. The summed E-state index contributed by atoms with van der Waals surface area (Å²) >= 11 is 0. The molecule has 1 fully saturated rings. The van der Waals surface area contributed by atoms with Crippen molar-refractivity contribution in [1.82, 2.24) is 0 Å². The fourth-order valence-corrected chi connectivity index (χ4v) is 2.97. The fourth-order valence-electron chi connectivity index (χ4n) is 1.18. The van der Waals surface area contributed by atoms with E-state index in [2.05, 4.69) is 0 Å². The third-order valence-corrected chi connectivity index (χ3v) is 3.79. The number of aliphatic hydroxyl groups is 1. The molecule has 0 spiro atoms. The predicted molar refractivity (Wildman–Crippen MR) is 38.4 cm³/mol. The van der Waals surface area contributed by atoms with Gasteiger partial charge in [0.1, 0.15) is 0 Å². The summed E-state index contributed by atoms with van der Waals surface area (Å²) in [6.45, 7) is 1.77. The van der Waals surface area contributed by atoms with Crippen molar-refractivity contribution in [3.63, 3.8) is 0 Å². The molecule has 0 saturated carbocycles. The molecule has 0 aliphatic carbocycles. The Morgan fingerprint density at radius 1 is 1.50 bits per heavy atom. The summed E-state index contributed by atoms with van der Waals surface area (Å²) in [5, 5.41) is 9.15. The number of aliphatic hydroxyl groups excluding tert-OH is 1. The van der Waals surface area contributed by atoms with Crippen molar-refractivity contribution in [3.8, 4) is 0 Å². The Kier molecular flexibility index (Phi) is 2.01. The molecule has 0 bridgehead atoms. The van der Waals surface area contributed by atoms with Gasteiger partial charge in [0.15, 0.2) is 9.84 Å². The van der Waals surface area contributed by atoms with Crippen LogP contribution in [0.15, 0.2) is 0 Å². The van der Waals surface area contributed by atoms with Gasteiger partial charge in [0.25, 0.3) is 0 Å². The Bertz CT molecular complexity index is 207. The predicted octanol–water partition coefficient (Wildman–Crippen LogP) is -0.198. The summed E-state index contributed by atoms with van der Waals surface area (Å²) in [6, 6.07) is 0. The highest BCUT2D eigenvalue weighted by Crippen LogP contribution is 2.17. The van der Waals surface area contributed by atoms with Crippen LogP contribution in [0.2, 0.25) is 0 Å². The molecule has 4 heteroatoms. The summed E-state index contributed by atoms with van der Waals surface area (Å²) in [6.07, 6.45) is -0.00715. The number of hydrogen-bond donors (Lipinski definition) is 1. The van der Waals surface area contributed by atoms with Crippen molar-refractivity contribution in [2.45, 2.75) is 19.4 Å². The number of sulfone groups is 1. The molecule has 1 heterocycles. The molecule has 0 aromatic carbocycles. The molecular weight excluding hydrogens is 152 g/mol. The third-order valence-electron chi connectivity index (χ3n) is 1.90. The molecular formula is C6H12O3S. The van der Waals surface area contributed by atoms with Crippen LogP contribution in [0.4, 0.5) is 0 Å². The second-order valence-electron chi connectivity index (χ2n) is 2.95. The molecule has 1 N–H and O–H groups in total. The van der Waals surface area contributed by atoms with Crippen LogP contribution in [0.5, 0.6) is 0 Å². The largest absolute Gasteiger partial charge is 0.393 e. The van der Waals surface area contributed by atoms with Crippen LogP contribution in [0, 0.1) is 5.92 Å². The second kappa shape index (κ2) is 2.51. The molecule has 60 valence electrons. The molecule has 0 amide bonds. The van der Waals surface area contributed by atoms with E-state index in [1.165, 1.54) is 0 Å². The summed E-state index contributed by atoms with van der Waals surface area (Å²) in [5.41, 5.74) is 0. The minimum atomic E-state index is -2.82. The van der Waals surface area contributed by atoms with E-state index in [0.717, 1.165) is 0 Å². The van der Waals surface area contributed by atoms with Crippen molar-refractivity contribution in [3.05, 3.63) is 0 Å². The fraction of sp³-hybridized carbons (Fsp3) is 1.00. The monoisotopic (exact) mass is 164 g/mol.